The van der Waals surface area contributed by atoms with Gasteiger partial charge in [0.2, 0.25) is 5.91 Å². The fraction of sp³-hybridized carbons (Fsp3) is 0.462. The number of hydrogen-bond donors (Lipinski definition) is 2. The molecule has 0 aliphatic rings. The van der Waals surface area contributed by atoms with E-state index >= 15 is 0 Å². The molecule has 0 bridgehead atoms. The monoisotopic (exact) mass is 237 g/mol. The van der Waals surface area contributed by atoms with Crippen LogP contribution in [-0.2, 0) is 11.2 Å². The number of carbonyl (C=O) groups excluding carboxylic acids is 1. The van der Waals surface area contributed by atoms with Crippen LogP contribution < -0.4 is 11.3 Å². The molecule has 1 aromatic carbocycles. The van der Waals surface area contributed by atoms with Crippen LogP contribution in [0.5, 0.6) is 0 Å². The predicted molar refractivity (Wildman–Crippen MR) is 72.6 cm³/mol. The topological polar surface area (TPSA) is 58.4 Å². The van der Waals surface area contributed by atoms with E-state index in [0.29, 0.717) is 6.42 Å². The number of nitrogens with zero attached hydrogens (tertiary/aromatic N) is 1. The Morgan fingerprint density at radius 3 is 2.59 bits per heavy atom. The average Bonchev–Trinajstić information content (AvgIpc) is 2.40. The summed E-state index contributed by atoms with van der Waals surface area (Å²) in [6.45, 7) is 6.68. The van der Waals surface area contributed by atoms with Gasteiger partial charge < -0.3 is 10.3 Å². The number of likely N-dealkylation sites (N-methyl/N-ethyl adjacent to an activating group) is 1. The number of carbonyl (C=O) groups is 1. The molecule has 0 heterocycles. The fourth-order valence-electron chi connectivity index (χ4n) is 1.26. The Hall–Kier alpha value is -1.55. The Labute approximate surface area is 104 Å². The predicted octanol–water partition coefficient (Wildman–Crippen LogP) is 2.02. The van der Waals surface area contributed by atoms with Crippen LogP contribution in [0.4, 0.5) is 5.69 Å². The molecule has 4 heteroatoms. The number of nitrogen functional groups attached to an aromatic ring is 1. The number of nitrogens with one attached hydrogen (secondary N) is 1. The quantitative estimate of drug-likeness (QED) is 0.622. The SMILES string of the molecule is CC.CCN(C)C(=O)Cc1cccc(NN)c1. The van der Waals surface area contributed by atoms with Crippen molar-refractivity contribution in [3.05, 3.63) is 29.8 Å². The maximum Gasteiger partial charge on any atom is 0.226 e. The normalized spacial score (nSPS) is 9.00. The molecule has 0 saturated heterocycles. The molecular formula is C13H23N3O. The van der Waals surface area contributed by atoms with E-state index in [0.717, 1.165) is 17.8 Å². The Bertz CT molecular complexity index is 339. The third-order valence-electron chi connectivity index (χ3n) is 2.35. The number of benzene rings is 1. The molecule has 0 saturated carbocycles. The molecule has 96 valence electrons. The summed E-state index contributed by atoms with van der Waals surface area (Å²) in [5.74, 6) is 5.41. The second kappa shape index (κ2) is 8.58. The van der Waals surface area contributed by atoms with E-state index in [2.05, 4.69) is 5.43 Å². The van der Waals surface area contributed by atoms with Crippen LogP contribution in [0.2, 0.25) is 0 Å². The van der Waals surface area contributed by atoms with Crippen LogP contribution in [0.25, 0.3) is 0 Å². The van der Waals surface area contributed by atoms with Crippen molar-refractivity contribution in [1.29, 1.82) is 0 Å². The largest absolute Gasteiger partial charge is 0.346 e. The second-order valence-electron chi connectivity index (χ2n) is 3.43. The number of rotatable bonds is 4. The zero-order chi connectivity index (χ0) is 13.3. The highest BCUT2D eigenvalue weighted by atomic mass is 16.2. The van der Waals surface area contributed by atoms with E-state index in [4.69, 9.17) is 5.84 Å². The highest BCUT2D eigenvalue weighted by Crippen LogP contribution is 2.10. The first-order valence-electron chi connectivity index (χ1n) is 5.97. The standard InChI is InChI=1S/C11H17N3O.C2H6/c1-3-14(2)11(15)8-9-5-4-6-10(7-9)13-12;1-2/h4-7,13H,3,8,12H2,1-2H3;1-2H3. The molecule has 0 aliphatic carbocycles. The number of hydrogen-bond acceptors (Lipinski definition) is 3. The van der Waals surface area contributed by atoms with Crippen molar-refractivity contribution in [3.8, 4) is 0 Å². The summed E-state index contributed by atoms with van der Waals surface area (Å²) in [6, 6.07) is 7.53. The lowest BCUT2D eigenvalue weighted by atomic mass is 10.1. The number of hydrazine groups is 1. The van der Waals surface area contributed by atoms with Gasteiger partial charge in [-0.15, -0.1) is 0 Å². The molecule has 1 rings (SSSR count). The van der Waals surface area contributed by atoms with Gasteiger partial charge in [0.25, 0.3) is 0 Å². The molecule has 1 aromatic rings. The molecule has 0 spiro atoms. The van der Waals surface area contributed by atoms with Gasteiger partial charge in [-0.1, -0.05) is 26.0 Å². The van der Waals surface area contributed by atoms with E-state index in [1.54, 1.807) is 11.9 Å². The Morgan fingerprint density at radius 1 is 1.41 bits per heavy atom. The summed E-state index contributed by atoms with van der Waals surface area (Å²) < 4.78 is 0. The molecule has 0 aliphatic heterocycles. The second-order valence-corrected chi connectivity index (χ2v) is 3.43. The summed E-state index contributed by atoms with van der Waals surface area (Å²) in [5.41, 5.74) is 4.35. The Balaban J connectivity index is 0.00000121. The third-order valence-corrected chi connectivity index (χ3v) is 2.35. The first-order chi connectivity index (χ1) is 8.17. The lowest BCUT2D eigenvalue weighted by Gasteiger charge is -2.14. The third kappa shape index (κ3) is 5.36. The summed E-state index contributed by atoms with van der Waals surface area (Å²) >= 11 is 0. The molecule has 17 heavy (non-hydrogen) atoms. The van der Waals surface area contributed by atoms with Gasteiger partial charge in [0.15, 0.2) is 0 Å². The van der Waals surface area contributed by atoms with E-state index < -0.39 is 0 Å². The minimum atomic E-state index is 0.117. The fourth-order valence-corrected chi connectivity index (χ4v) is 1.26. The van der Waals surface area contributed by atoms with Crippen molar-refractivity contribution >= 4 is 11.6 Å². The molecule has 4 nitrogen and oxygen atoms in total. The maximum absolute atomic E-state index is 11.6. The van der Waals surface area contributed by atoms with E-state index in [1.807, 2.05) is 45.0 Å². The highest BCUT2D eigenvalue weighted by Gasteiger charge is 2.07. The first-order valence-corrected chi connectivity index (χ1v) is 5.97. The van der Waals surface area contributed by atoms with Gasteiger partial charge in [0, 0.05) is 19.3 Å². The lowest BCUT2D eigenvalue weighted by molar-refractivity contribution is -0.128. The Kier molecular flexibility index (Phi) is 7.80. The van der Waals surface area contributed by atoms with Gasteiger partial charge in [-0.2, -0.15) is 0 Å². The van der Waals surface area contributed by atoms with Crippen molar-refractivity contribution in [1.82, 2.24) is 4.90 Å². The molecule has 0 unspecified atom stereocenters. The Morgan fingerprint density at radius 2 is 2.06 bits per heavy atom. The van der Waals surface area contributed by atoms with E-state index in [-0.39, 0.29) is 5.91 Å². The van der Waals surface area contributed by atoms with Crippen molar-refractivity contribution in [2.75, 3.05) is 19.0 Å². The summed E-state index contributed by atoms with van der Waals surface area (Å²) in [4.78, 5) is 13.3. The molecule has 3 N–H and O–H groups in total. The molecule has 0 atom stereocenters. The smallest absolute Gasteiger partial charge is 0.226 e. The zero-order valence-electron chi connectivity index (χ0n) is 11.2. The van der Waals surface area contributed by atoms with Gasteiger partial charge in [0.05, 0.1) is 6.42 Å². The van der Waals surface area contributed by atoms with Gasteiger partial charge in [-0.25, -0.2) is 0 Å². The minimum absolute atomic E-state index is 0.117. The molecule has 1 amide bonds. The summed E-state index contributed by atoms with van der Waals surface area (Å²) in [6.07, 6.45) is 0.417. The molecular weight excluding hydrogens is 214 g/mol. The van der Waals surface area contributed by atoms with Gasteiger partial charge in [-0.3, -0.25) is 10.6 Å². The van der Waals surface area contributed by atoms with Crippen LogP contribution in [0.3, 0.4) is 0 Å². The molecule has 0 aromatic heterocycles. The molecule has 0 fully saturated rings. The minimum Gasteiger partial charge on any atom is -0.346 e. The zero-order valence-corrected chi connectivity index (χ0v) is 11.2. The van der Waals surface area contributed by atoms with E-state index in [1.165, 1.54) is 0 Å². The van der Waals surface area contributed by atoms with Gasteiger partial charge in [-0.05, 0) is 24.6 Å². The van der Waals surface area contributed by atoms with Crippen molar-refractivity contribution in [2.45, 2.75) is 27.2 Å². The van der Waals surface area contributed by atoms with Crippen LogP contribution in [0.15, 0.2) is 24.3 Å². The van der Waals surface area contributed by atoms with Crippen molar-refractivity contribution in [3.63, 3.8) is 0 Å². The van der Waals surface area contributed by atoms with Gasteiger partial charge in [0.1, 0.15) is 0 Å². The van der Waals surface area contributed by atoms with Crippen molar-refractivity contribution < 1.29 is 4.79 Å². The number of amides is 1. The van der Waals surface area contributed by atoms with Crippen LogP contribution in [0.1, 0.15) is 26.3 Å². The molecule has 0 radical (unpaired) electrons. The summed E-state index contributed by atoms with van der Waals surface area (Å²) in [5, 5.41) is 0. The van der Waals surface area contributed by atoms with Gasteiger partial charge >= 0.3 is 0 Å². The summed E-state index contributed by atoms with van der Waals surface area (Å²) in [7, 11) is 1.80. The first kappa shape index (κ1) is 15.4. The van der Waals surface area contributed by atoms with E-state index in [9.17, 15) is 4.79 Å². The number of anilines is 1. The lowest BCUT2D eigenvalue weighted by Crippen LogP contribution is -2.27. The highest BCUT2D eigenvalue weighted by molar-refractivity contribution is 5.78. The van der Waals surface area contributed by atoms with Crippen LogP contribution in [-0.4, -0.2) is 24.4 Å². The van der Waals surface area contributed by atoms with Crippen LogP contribution >= 0.6 is 0 Å². The average molecular weight is 237 g/mol. The van der Waals surface area contributed by atoms with Crippen LogP contribution in [0, 0.1) is 0 Å². The van der Waals surface area contributed by atoms with Crippen molar-refractivity contribution in [2.24, 2.45) is 5.84 Å². The maximum atomic E-state index is 11.6. The number of nitrogens with two attached hydrogens (primary N) is 1.